The van der Waals surface area contributed by atoms with Gasteiger partial charge < -0.3 is 4.40 Å². The van der Waals surface area contributed by atoms with Gasteiger partial charge in [-0.25, -0.2) is 13.4 Å². The van der Waals surface area contributed by atoms with Gasteiger partial charge in [0, 0.05) is 31.0 Å². The summed E-state index contributed by atoms with van der Waals surface area (Å²) in [7, 11) is -3.45. The van der Waals surface area contributed by atoms with Crippen molar-refractivity contribution < 1.29 is 8.42 Å². The van der Waals surface area contributed by atoms with Gasteiger partial charge in [-0.15, -0.1) is 0 Å². The molecule has 6 heteroatoms. The third-order valence-electron chi connectivity index (χ3n) is 5.11. The Morgan fingerprint density at radius 3 is 2.62 bits per heavy atom. The number of rotatable bonds is 3. The summed E-state index contributed by atoms with van der Waals surface area (Å²) in [6, 6.07) is 11.1. The van der Waals surface area contributed by atoms with Gasteiger partial charge in [0.2, 0.25) is 10.0 Å². The van der Waals surface area contributed by atoms with Crippen molar-refractivity contribution in [2.24, 2.45) is 5.92 Å². The molecule has 1 aromatic carbocycles. The maximum atomic E-state index is 13.0. The maximum absolute atomic E-state index is 13.0. The smallest absolute Gasteiger partial charge is 0.243 e. The van der Waals surface area contributed by atoms with E-state index in [1.54, 1.807) is 22.5 Å². The van der Waals surface area contributed by atoms with Crippen LogP contribution in [-0.4, -0.2) is 35.2 Å². The van der Waals surface area contributed by atoms with Gasteiger partial charge in [-0.2, -0.15) is 4.31 Å². The number of piperidine rings is 1. The van der Waals surface area contributed by atoms with Crippen molar-refractivity contribution in [3.05, 3.63) is 54.4 Å². The molecule has 1 fully saturated rings. The monoisotopic (exact) mass is 369 g/mol. The van der Waals surface area contributed by atoms with E-state index in [1.165, 1.54) is 0 Å². The lowest BCUT2D eigenvalue weighted by Crippen LogP contribution is -2.37. The van der Waals surface area contributed by atoms with E-state index >= 15 is 0 Å². The van der Waals surface area contributed by atoms with E-state index in [4.69, 9.17) is 0 Å². The molecule has 3 heterocycles. The Balaban J connectivity index is 1.69. The number of nitrogens with zero attached hydrogens (tertiary/aromatic N) is 3. The third kappa shape index (κ3) is 3.15. The van der Waals surface area contributed by atoms with Crippen LogP contribution in [0.4, 0.5) is 0 Å². The highest BCUT2D eigenvalue weighted by atomic mass is 32.2. The number of hydrogen-bond donors (Lipinski definition) is 0. The van der Waals surface area contributed by atoms with Crippen LogP contribution in [0.1, 0.15) is 25.3 Å². The highest BCUT2D eigenvalue weighted by Crippen LogP contribution is 2.27. The van der Waals surface area contributed by atoms with Crippen LogP contribution in [0, 0.1) is 12.8 Å². The van der Waals surface area contributed by atoms with Crippen molar-refractivity contribution >= 4 is 15.7 Å². The van der Waals surface area contributed by atoms with E-state index in [1.807, 2.05) is 41.9 Å². The molecular weight excluding hydrogens is 346 g/mol. The first-order valence-electron chi connectivity index (χ1n) is 8.99. The predicted octanol–water partition coefficient (Wildman–Crippen LogP) is 3.73. The largest absolute Gasteiger partial charge is 0.306 e. The number of pyridine rings is 1. The van der Waals surface area contributed by atoms with Gasteiger partial charge in [-0.3, -0.25) is 0 Å². The number of hydrogen-bond acceptors (Lipinski definition) is 3. The number of imidazole rings is 1. The van der Waals surface area contributed by atoms with Gasteiger partial charge in [0.25, 0.3) is 0 Å². The van der Waals surface area contributed by atoms with E-state index in [2.05, 4.69) is 11.9 Å². The van der Waals surface area contributed by atoms with Crippen LogP contribution in [-0.2, 0) is 10.0 Å². The summed E-state index contributed by atoms with van der Waals surface area (Å²) in [5, 5.41) is 0. The fourth-order valence-corrected chi connectivity index (χ4v) is 4.95. The van der Waals surface area contributed by atoms with Crippen LogP contribution < -0.4 is 0 Å². The molecule has 0 saturated carbocycles. The Kier molecular flexibility index (Phi) is 4.32. The van der Waals surface area contributed by atoms with Crippen LogP contribution in [0.15, 0.2) is 53.7 Å². The Labute approximate surface area is 154 Å². The zero-order valence-corrected chi connectivity index (χ0v) is 15.9. The van der Waals surface area contributed by atoms with E-state index in [0.717, 1.165) is 35.3 Å². The normalized spacial score (nSPS) is 17.0. The first-order valence-corrected chi connectivity index (χ1v) is 10.4. The fourth-order valence-electron chi connectivity index (χ4n) is 3.43. The number of sulfonamides is 1. The minimum absolute atomic E-state index is 0.345. The summed E-state index contributed by atoms with van der Waals surface area (Å²) in [6.07, 6.45) is 5.80. The van der Waals surface area contributed by atoms with Crippen molar-refractivity contribution in [3.63, 3.8) is 0 Å². The lowest BCUT2D eigenvalue weighted by atomic mass is 10.0. The van der Waals surface area contributed by atoms with Crippen LogP contribution in [0.2, 0.25) is 0 Å². The van der Waals surface area contributed by atoms with Gasteiger partial charge in [0.05, 0.1) is 10.6 Å². The van der Waals surface area contributed by atoms with Gasteiger partial charge in [0.15, 0.2) is 0 Å². The minimum Gasteiger partial charge on any atom is -0.306 e. The first kappa shape index (κ1) is 17.2. The zero-order valence-electron chi connectivity index (χ0n) is 15.1. The summed E-state index contributed by atoms with van der Waals surface area (Å²) in [6.45, 7) is 5.41. The lowest BCUT2D eigenvalue weighted by Gasteiger charge is -2.29. The molecule has 0 radical (unpaired) electrons. The van der Waals surface area contributed by atoms with Gasteiger partial charge in [-0.05, 0) is 49.4 Å². The van der Waals surface area contributed by atoms with E-state index < -0.39 is 10.0 Å². The highest BCUT2D eigenvalue weighted by molar-refractivity contribution is 7.89. The summed E-state index contributed by atoms with van der Waals surface area (Å²) in [5.74, 6) is 0.592. The maximum Gasteiger partial charge on any atom is 0.243 e. The minimum atomic E-state index is -3.45. The quantitative estimate of drug-likeness (QED) is 0.707. The topological polar surface area (TPSA) is 54.7 Å². The number of aromatic nitrogens is 2. The molecule has 0 N–H and O–H groups in total. The molecule has 3 aromatic rings. The van der Waals surface area contributed by atoms with Gasteiger partial charge in [-0.1, -0.05) is 25.1 Å². The van der Waals surface area contributed by atoms with Gasteiger partial charge >= 0.3 is 0 Å². The Hall–Kier alpha value is -2.18. The molecule has 1 saturated heterocycles. The lowest BCUT2D eigenvalue weighted by molar-refractivity contribution is 0.288. The SMILES string of the molecule is Cc1ccc2nc(-c3cccc(S(=O)(=O)N4CCC(C)CC4)c3)cn2c1. The fraction of sp³-hybridized carbons (Fsp3) is 0.350. The molecule has 0 unspecified atom stereocenters. The molecule has 26 heavy (non-hydrogen) atoms. The molecule has 1 aliphatic rings. The van der Waals surface area contributed by atoms with Crippen LogP contribution in [0.5, 0.6) is 0 Å². The van der Waals surface area contributed by atoms with E-state index in [-0.39, 0.29) is 0 Å². The Bertz CT molecular complexity index is 1050. The molecule has 2 aromatic heterocycles. The molecule has 0 atom stereocenters. The van der Waals surface area contributed by atoms with E-state index in [9.17, 15) is 8.42 Å². The zero-order chi connectivity index (χ0) is 18.3. The summed E-state index contributed by atoms with van der Waals surface area (Å²) >= 11 is 0. The molecule has 0 bridgehead atoms. The molecule has 1 aliphatic heterocycles. The van der Waals surface area contributed by atoms with Crippen LogP contribution >= 0.6 is 0 Å². The molecule has 0 amide bonds. The molecule has 0 spiro atoms. The first-order chi connectivity index (χ1) is 12.4. The van der Waals surface area contributed by atoms with E-state index in [0.29, 0.717) is 23.9 Å². The second kappa shape index (κ2) is 6.52. The second-order valence-electron chi connectivity index (χ2n) is 7.21. The van der Waals surface area contributed by atoms with Crippen molar-refractivity contribution in [3.8, 4) is 11.3 Å². The average molecular weight is 369 g/mol. The molecule has 4 rings (SSSR count). The van der Waals surface area contributed by atoms with Crippen molar-refractivity contribution in [1.82, 2.24) is 13.7 Å². The van der Waals surface area contributed by atoms with Crippen molar-refractivity contribution in [1.29, 1.82) is 0 Å². The van der Waals surface area contributed by atoms with Gasteiger partial charge in [0.1, 0.15) is 5.65 Å². The van der Waals surface area contributed by atoms with Crippen molar-refractivity contribution in [2.75, 3.05) is 13.1 Å². The molecular formula is C20H23N3O2S. The summed E-state index contributed by atoms with van der Waals surface area (Å²) in [4.78, 5) is 4.97. The standard InChI is InChI=1S/C20H23N3O2S/c1-15-8-10-23(11-9-15)26(24,25)18-5-3-4-17(12-18)19-14-22-13-16(2)6-7-20(22)21-19/h3-7,12-15H,8-11H2,1-2H3. The van der Waals surface area contributed by atoms with Crippen LogP contribution in [0.25, 0.3) is 16.9 Å². The number of fused-ring (bicyclic) bond motifs is 1. The average Bonchev–Trinajstić information content (AvgIpc) is 3.05. The Morgan fingerprint density at radius 2 is 1.85 bits per heavy atom. The third-order valence-corrected chi connectivity index (χ3v) is 7.00. The Morgan fingerprint density at radius 1 is 1.08 bits per heavy atom. The molecule has 0 aliphatic carbocycles. The van der Waals surface area contributed by atoms with Crippen LogP contribution in [0.3, 0.4) is 0 Å². The number of benzene rings is 1. The highest BCUT2D eigenvalue weighted by Gasteiger charge is 2.28. The summed E-state index contributed by atoms with van der Waals surface area (Å²) in [5.41, 5.74) is 3.60. The molecule has 5 nitrogen and oxygen atoms in total. The van der Waals surface area contributed by atoms with Crippen molar-refractivity contribution in [2.45, 2.75) is 31.6 Å². The number of aryl methyl sites for hydroxylation is 1. The summed E-state index contributed by atoms with van der Waals surface area (Å²) < 4.78 is 29.6. The molecule has 136 valence electrons. The second-order valence-corrected chi connectivity index (χ2v) is 9.15. The predicted molar refractivity (Wildman–Crippen MR) is 103 cm³/mol.